The number of hydrogen-bond acceptors (Lipinski definition) is 5. The summed E-state index contributed by atoms with van der Waals surface area (Å²) in [4.78, 5) is 14.6. The molecule has 1 aromatic heterocycles. The third kappa shape index (κ3) is 4.80. The lowest BCUT2D eigenvalue weighted by Gasteiger charge is -2.27. The first-order chi connectivity index (χ1) is 11.3. The van der Waals surface area contributed by atoms with Gasteiger partial charge in [0.2, 0.25) is 11.1 Å². The van der Waals surface area contributed by atoms with Crippen LogP contribution in [0.5, 0.6) is 0 Å². The highest BCUT2D eigenvalue weighted by Crippen LogP contribution is 2.22. The predicted octanol–water partition coefficient (Wildman–Crippen LogP) is 2.96. The molecule has 0 aliphatic heterocycles. The number of tetrazole rings is 1. The third-order valence-corrected chi connectivity index (χ3v) is 4.44. The molecule has 2 rings (SSSR count). The number of thioether (sulfide) groups is 1. The number of carbonyl (C=O) groups is 1. The van der Waals surface area contributed by atoms with E-state index in [1.54, 1.807) is 4.68 Å². The molecule has 0 aliphatic rings. The Morgan fingerprint density at radius 1 is 1.25 bits per heavy atom. The Kier molecular flexibility index (Phi) is 5.99. The van der Waals surface area contributed by atoms with Crippen LogP contribution in [0.4, 0.5) is 0 Å². The molecule has 1 aromatic carbocycles. The van der Waals surface area contributed by atoms with Gasteiger partial charge in [-0.05, 0) is 50.6 Å². The van der Waals surface area contributed by atoms with Gasteiger partial charge in [0.15, 0.2) is 0 Å². The monoisotopic (exact) mass is 347 g/mol. The average Bonchev–Trinajstić information content (AvgIpc) is 3.00. The van der Waals surface area contributed by atoms with Crippen molar-refractivity contribution in [1.29, 1.82) is 0 Å². The van der Waals surface area contributed by atoms with Gasteiger partial charge in [-0.3, -0.25) is 4.79 Å². The van der Waals surface area contributed by atoms with Crippen LogP contribution in [0.2, 0.25) is 0 Å². The van der Waals surface area contributed by atoms with Crippen LogP contribution in [0.15, 0.2) is 35.5 Å². The standard InChI is InChI=1S/C17H25N5OS/c1-13(2)21(11-14-9-7-6-8-10-14)15(23)12-24-16-18-19-20-22(16)17(3,4)5/h6-10,13H,11-12H2,1-5H3. The quantitative estimate of drug-likeness (QED) is 0.752. The summed E-state index contributed by atoms with van der Waals surface area (Å²) in [7, 11) is 0. The van der Waals surface area contributed by atoms with E-state index in [1.165, 1.54) is 11.8 Å². The van der Waals surface area contributed by atoms with Crippen molar-refractivity contribution in [1.82, 2.24) is 25.1 Å². The molecule has 0 aliphatic carbocycles. The van der Waals surface area contributed by atoms with Crippen LogP contribution in [0, 0.1) is 0 Å². The van der Waals surface area contributed by atoms with Crippen molar-refractivity contribution in [3.8, 4) is 0 Å². The Hall–Kier alpha value is -1.89. The number of hydrogen-bond donors (Lipinski definition) is 0. The number of benzene rings is 1. The summed E-state index contributed by atoms with van der Waals surface area (Å²) in [5, 5.41) is 12.5. The second-order valence-electron chi connectivity index (χ2n) is 6.93. The lowest BCUT2D eigenvalue weighted by Crippen LogP contribution is -2.37. The molecule has 0 spiro atoms. The second-order valence-corrected chi connectivity index (χ2v) is 7.88. The lowest BCUT2D eigenvalue weighted by atomic mass is 10.1. The number of carbonyl (C=O) groups excluding carboxylic acids is 1. The molecule has 0 bridgehead atoms. The van der Waals surface area contributed by atoms with Crippen molar-refractivity contribution in [2.24, 2.45) is 0 Å². The number of nitrogens with zero attached hydrogens (tertiary/aromatic N) is 5. The van der Waals surface area contributed by atoms with Gasteiger partial charge in [0.1, 0.15) is 0 Å². The van der Waals surface area contributed by atoms with Crippen molar-refractivity contribution < 1.29 is 4.79 Å². The molecule has 0 fully saturated rings. The lowest BCUT2D eigenvalue weighted by molar-refractivity contribution is -0.130. The van der Waals surface area contributed by atoms with Gasteiger partial charge in [-0.1, -0.05) is 42.1 Å². The van der Waals surface area contributed by atoms with E-state index in [4.69, 9.17) is 0 Å². The molecule has 2 aromatic rings. The van der Waals surface area contributed by atoms with Crippen LogP contribution in [0.25, 0.3) is 0 Å². The number of amides is 1. The fourth-order valence-corrected chi connectivity index (χ4v) is 3.18. The normalized spacial score (nSPS) is 11.8. The Bertz CT molecular complexity index is 663. The van der Waals surface area contributed by atoms with Gasteiger partial charge in [-0.2, -0.15) is 0 Å². The summed E-state index contributed by atoms with van der Waals surface area (Å²) in [6.45, 7) is 10.8. The fraction of sp³-hybridized carbons (Fsp3) is 0.529. The van der Waals surface area contributed by atoms with E-state index in [2.05, 4.69) is 15.5 Å². The molecule has 0 atom stereocenters. The smallest absolute Gasteiger partial charge is 0.233 e. The molecule has 0 saturated heterocycles. The fourth-order valence-electron chi connectivity index (χ4n) is 2.24. The summed E-state index contributed by atoms with van der Waals surface area (Å²) in [6, 6.07) is 10.2. The van der Waals surface area contributed by atoms with E-state index in [0.717, 1.165) is 5.56 Å². The molecule has 0 N–H and O–H groups in total. The first-order valence-electron chi connectivity index (χ1n) is 8.04. The maximum Gasteiger partial charge on any atom is 0.233 e. The van der Waals surface area contributed by atoms with Crippen molar-refractivity contribution in [3.05, 3.63) is 35.9 Å². The zero-order valence-electron chi connectivity index (χ0n) is 14.9. The van der Waals surface area contributed by atoms with Gasteiger partial charge in [-0.25, -0.2) is 4.68 Å². The minimum atomic E-state index is -0.212. The van der Waals surface area contributed by atoms with Gasteiger partial charge >= 0.3 is 0 Å². The topological polar surface area (TPSA) is 63.9 Å². The van der Waals surface area contributed by atoms with Crippen molar-refractivity contribution >= 4 is 17.7 Å². The predicted molar refractivity (Wildman–Crippen MR) is 95.7 cm³/mol. The summed E-state index contributed by atoms with van der Waals surface area (Å²) in [5.41, 5.74) is 0.917. The Morgan fingerprint density at radius 2 is 1.92 bits per heavy atom. The van der Waals surface area contributed by atoms with Gasteiger partial charge in [0.25, 0.3) is 0 Å². The molecule has 0 saturated carbocycles. The second kappa shape index (κ2) is 7.79. The Labute approximate surface area is 147 Å². The molecule has 1 amide bonds. The summed E-state index contributed by atoms with van der Waals surface area (Å²) in [5.74, 6) is 0.406. The maximum absolute atomic E-state index is 12.7. The number of aromatic nitrogens is 4. The zero-order chi connectivity index (χ0) is 17.7. The summed E-state index contributed by atoms with van der Waals surface area (Å²) >= 11 is 1.38. The first kappa shape index (κ1) is 18.4. The van der Waals surface area contributed by atoms with E-state index < -0.39 is 0 Å². The summed E-state index contributed by atoms with van der Waals surface area (Å²) in [6.07, 6.45) is 0. The molecule has 0 radical (unpaired) electrons. The van der Waals surface area contributed by atoms with E-state index in [-0.39, 0.29) is 17.5 Å². The SMILES string of the molecule is CC(C)N(Cc1ccccc1)C(=O)CSc1nnnn1C(C)(C)C. The van der Waals surface area contributed by atoms with Gasteiger partial charge in [0.05, 0.1) is 11.3 Å². The van der Waals surface area contributed by atoms with Crippen LogP contribution in [-0.2, 0) is 16.9 Å². The largest absolute Gasteiger partial charge is 0.335 e. The molecule has 24 heavy (non-hydrogen) atoms. The maximum atomic E-state index is 12.7. The van der Waals surface area contributed by atoms with Gasteiger partial charge < -0.3 is 4.90 Å². The van der Waals surface area contributed by atoms with Crippen LogP contribution in [0.1, 0.15) is 40.2 Å². The highest BCUT2D eigenvalue weighted by Gasteiger charge is 2.23. The molecule has 0 unspecified atom stereocenters. The Morgan fingerprint density at radius 3 is 2.50 bits per heavy atom. The molecular formula is C17H25N5OS. The van der Waals surface area contributed by atoms with E-state index in [9.17, 15) is 4.79 Å². The minimum Gasteiger partial charge on any atom is -0.335 e. The van der Waals surface area contributed by atoms with Crippen molar-refractivity contribution in [3.63, 3.8) is 0 Å². The molecule has 7 heteroatoms. The number of rotatable bonds is 6. The molecular weight excluding hydrogens is 322 g/mol. The summed E-state index contributed by atoms with van der Waals surface area (Å²) < 4.78 is 1.75. The Balaban J connectivity index is 2.03. The van der Waals surface area contributed by atoms with Gasteiger partial charge in [0, 0.05) is 12.6 Å². The van der Waals surface area contributed by atoms with Crippen molar-refractivity contribution in [2.45, 2.75) is 57.9 Å². The molecule has 6 nitrogen and oxygen atoms in total. The first-order valence-corrected chi connectivity index (χ1v) is 9.02. The van der Waals surface area contributed by atoms with Crippen LogP contribution in [0.3, 0.4) is 0 Å². The van der Waals surface area contributed by atoms with E-state index in [0.29, 0.717) is 17.5 Å². The van der Waals surface area contributed by atoms with Crippen LogP contribution < -0.4 is 0 Å². The zero-order valence-corrected chi connectivity index (χ0v) is 15.7. The highest BCUT2D eigenvalue weighted by molar-refractivity contribution is 7.99. The third-order valence-electron chi connectivity index (χ3n) is 3.54. The van der Waals surface area contributed by atoms with E-state index in [1.807, 2.05) is 69.9 Å². The van der Waals surface area contributed by atoms with Crippen LogP contribution in [-0.4, -0.2) is 42.8 Å². The van der Waals surface area contributed by atoms with Gasteiger partial charge in [-0.15, -0.1) is 5.10 Å². The van der Waals surface area contributed by atoms with Crippen molar-refractivity contribution in [2.75, 3.05) is 5.75 Å². The highest BCUT2D eigenvalue weighted by atomic mass is 32.2. The molecule has 130 valence electrons. The van der Waals surface area contributed by atoms with E-state index >= 15 is 0 Å². The minimum absolute atomic E-state index is 0.0855. The van der Waals surface area contributed by atoms with Crippen LogP contribution >= 0.6 is 11.8 Å². The average molecular weight is 347 g/mol. The molecule has 1 heterocycles.